The summed E-state index contributed by atoms with van der Waals surface area (Å²) in [6, 6.07) is 4.12. The molecule has 1 aliphatic carbocycles. The molecule has 0 aromatic carbocycles. The second kappa shape index (κ2) is 6.54. The smallest absolute Gasteiger partial charge is 0.227 e. The maximum atomic E-state index is 5.83. The third-order valence-electron chi connectivity index (χ3n) is 4.14. The fraction of sp³-hybridized carbons (Fsp3) is 0.533. The van der Waals surface area contributed by atoms with Crippen molar-refractivity contribution in [3.8, 4) is 11.5 Å². The van der Waals surface area contributed by atoms with Crippen LogP contribution in [0.1, 0.15) is 31.6 Å². The highest BCUT2D eigenvalue weighted by atomic mass is 35.5. The third kappa shape index (κ3) is 3.41. The van der Waals surface area contributed by atoms with E-state index in [-0.39, 0.29) is 0 Å². The summed E-state index contributed by atoms with van der Waals surface area (Å²) in [4.78, 5) is 8.67. The summed E-state index contributed by atoms with van der Waals surface area (Å²) >= 11 is 5.83. The molecule has 2 heterocycles. The fourth-order valence-corrected chi connectivity index (χ4v) is 3.12. The van der Waals surface area contributed by atoms with E-state index in [9.17, 15) is 0 Å². The maximum absolute atomic E-state index is 5.83. The molecule has 1 N–H and O–H groups in total. The zero-order valence-corrected chi connectivity index (χ0v) is 12.8. The van der Waals surface area contributed by atoms with E-state index < -0.39 is 0 Å². The molecule has 2 aromatic heterocycles. The normalized spacial score (nSPS) is 22.4. The molecule has 1 saturated carbocycles. The minimum Gasteiger partial charge on any atom is -0.339 e. The van der Waals surface area contributed by atoms with E-state index in [1.54, 1.807) is 18.3 Å². The molecule has 2 unspecified atom stereocenters. The zero-order valence-electron chi connectivity index (χ0n) is 12.1. The van der Waals surface area contributed by atoms with E-state index in [1.165, 1.54) is 25.7 Å². The van der Waals surface area contributed by atoms with Crippen LogP contribution in [-0.2, 0) is 6.42 Å². The summed E-state index contributed by atoms with van der Waals surface area (Å²) in [5, 5.41) is 8.02. The van der Waals surface area contributed by atoms with Crippen molar-refractivity contribution in [2.24, 2.45) is 5.92 Å². The highest BCUT2D eigenvalue weighted by Crippen LogP contribution is 2.27. The lowest BCUT2D eigenvalue weighted by Gasteiger charge is -2.30. The van der Waals surface area contributed by atoms with Crippen molar-refractivity contribution in [1.82, 2.24) is 20.4 Å². The Bertz CT molecular complexity index is 584. The molecule has 0 bridgehead atoms. The number of nitrogens with zero attached hydrogens (tertiary/aromatic N) is 3. The summed E-state index contributed by atoms with van der Waals surface area (Å²) in [7, 11) is 2.03. The molecule has 0 saturated heterocycles. The SMILES string of the molecule is CNC1CCCCC1Cc1nc(-c2ccc(Cl)cn2)no1. The van der Waals surface area contributed by atoms with Crippen molar-refractivity contribution < 1.29 is 4.52 Å². The lowest BCUT2D eigenvalue weighted by atomic mass is 9.82. The molecule has 0 radical (unpaired) electrons. The lowest BCUT2D eigenvalue weighted by molar-refractivity contribution is 0.248. The number of rotatable bonds is 4. The monoisotopic (exact) mass is 306 g/mol. The van der Waals surface area contributed by atoms with Gasteiger partial charge in [-0.3, -0.25) is 4.98 Å². The Balaban J connectivity index is 1.71. The van der Waals surface area contributed by atoms with Gasteiger partial charge in [0.1, 0.15) is 5.69 Å². The van der Waals surface area contributed by atoms with Crippen LogP contribution < -0.4 is 5.32 Å². The molecule has 0 spiro atoms. The Morgan fingerprint density at radius 2 is 2.19 bits per heavy atom. The molecule has 112 valence electrons. The van der Waals surface area contributed by atoms with Crippen molar-refractivity contribution in [2.75, 3.05) is 7.05 Å². The number of hydrogen-bond acceptors (Lipinski definition) is 5. The Hall–Kier alpha value is -1.46. The van der Waals surface area contributed by atoms with Crippen LogP contribution in [0.15, 0.2) is 22.9 Å². The predicted molar refractivity (Wildman–Crippen MR) is 81.0 cm³/mol. The van der Waals surface area contributed by atoms with E-state index in [2.05, 4.69) is 20.4 Å². The quantitative estimate of drug-likeness (QED) is 0.940. The van der Waals surface area contributed by atoms with Crippen LogP contribution >= 0.6 is 11.6 Å². The fourth-order valence-electron chi connectivity index (χ4n) is 3.01. The summed E-state index contributed by atoms with van der Waals surface area (Å²) in [6.07, 6.45) is 7.43. The van der Waals surface area contributed by atoms with Gasteiger partial charge >= 0.3 is 0 Å². The van der Waals surface area contributed by atoms with Gasteiger partial charge in [-0.2, -0.15) is 4.98 Å². The maximum Gasteiger partial charge on any atom is 0.227 e. The van der Waals surface area contributed by atoms with Gasteiger partial charge in [0.15, 0.2) is 0 Å². The largest absolute Gasteiger partial charge is 0.339 e. The number of hydrogen-bond donors (Lipinski definition) is 1. The van der Waals surface area contributed by atoms with Crippen molar-refractivity contribution in [3.63, 3.8) is 0 Å². The Morgan fingerprint density at radius 1 is 1.33 bits per heavy atom. The van der Waals surface area contributed by atoms with E-state index in [4.69, 9.17) is 16.1 Å². The van der Waals surface area contributed by atoms with Crippen molar-refractivity contribution in [1.29, 1.82) is 0 Å². The van der Waals surface area contributed by atoms with E-state index in [0.717, 1.165) is 6.42 Å². The van der Waals surface area contributed by atoms with Gasteiger partial charge in [0, 0.05) is 18.7 Å². The van der Waals surface area contributed by atoms with Crippen LogP contribution in [0.25, 0.3) is 11.5 Å². The van der Waals surface area contributed by atoms with Gasteiger partial charge in [-0.05, 0) is 37.9 Å². The molecule has 2 aromatic rings. The zero-order chi connectivity index (χ0) is 14.7. The van der Waals surface area contributed by atoms with Crippen LogP contribution in [0, 0.1) is 5.92 Å². The van der Waals surface area contributed by atoms with Gasteiger partial charge in [0.2, 0.25) is 11.7 Å². The van der Waals surface area contributed by atoms with E-state index in [1.807, 2.05) is 7.05 Å². The van der Waals surface area contributed by atoms with Crippen LogP contribution in [0.4, 0.5) is 0 Å². The molecule has 1 fully saturated rings. The molecular weight excluding hydrogens is 288 g/mol. The Kier molecular flexibility index (Phi) is 4.51. The minimum atomic E-state index is 0.526. The Labute approximate surface area is 129 Å². The van der Waals surface area contributed by atoms with Crippen molar-refractivity contribution in [3.05, 3.63) is 29.2 Å². The first kappa shape index (κ1) is 14.5. The highest BCUT2D eigenvalue weighted by molar-refractivity contribution is 6.30. The number of halogens is 1. The third-order valence-corrected chi connectivity index (χ3v) is 4.36. The molecule has 1 aliphatic rings. The number of nitrogens with one attached hydrogen (secondary N) is 1. The van der Waals surface area contributed by atoms with Crippen molar-refractivity contribution in [2.45, 2.75) is 38.1 Å². The molecule has 0 aliphatic heterocycles. The summed E-state index contributed by atoms with van der Waals surface area (Å²) in [5.74, 6) is 1.78. The predicted octanol–water partition coefficient (Wildman–Crippen LogP) is 3.11. The van der Waals surface area contributed by atoms with Gasteiger partial charge in [-0.1, -0.05) is 29.6 Å². The van der Waals surface area contributed by atoms with Crippen LogP contribution in [-0.4, -0.2) is 28.2 Å². The molecule has 6 heteroatoms. The van der Waals surface area contributed by atoms with Gasteiger partial charge < -0.3 is 9.84 Å². The summed E-state index contributed by atoms with van der Waals surface area (Å²) in [5.41, 5.74) is 0.684. The topological polar surface area (TPSA) is 63.8 Å². The lowest BCUT2D eigenvalue weighted by Crippen LogP contribution is -2.37. The van der Waals surface area contributed by atoms with Crippen molar-refractivity contribution >= 4 is 11.6 Å². The first-order valence-electron chi connectivity index (χ1n) is 7.38. The van der Waals surface area contributed by atoms with Crippen LogP contribution in [0.2, 0.25) is 5.02 Å². The standard InChI is InChI=1S/C15H19ClN4O/c1-17-12-5-3-2-4-10(12)8-14-19-15(20-21-14)13-7-6-11(16)9-18-13/h6-7,9-10,12,17H,2-5,8H2,1H3. The van der Waals surface area contributed by atoms with Gasteiger partial charge in [-0.15, -0.1) is 0 Å². The Morgan fingerprint density at radius 3 is 2.95 bits per heavy atom. The first-order valence-corrected chi connectivity index (χ1v) is 7.76. The van der Waals surface area contributed by atoms with Gasteiger partial charge in [0.25, 0.3) is 0 Å². The molecule has 21 heavy (non-hydrogen) atoms. The molecule has 0 amide bonds. The van der Waals surface area contributed by atoms with E-state index >= 15 is 0 Å². The number of aromatic nitrogens is 3. The molecule has 5 nitrogen and oxygen atoms in total. The highest BCUT2D eigenvalue weighted by Gasteiger charge is 2.26. The van der Waals surface area contributed by atoms with Gasteiger partial charge in [0.05, 0.1) is 5.02 Å². The summed E-state index contributed by atoms with van der Waals surface area (Å²) < 4.78 is 5.38. The summed E-state index contributed by atoms with van der Waals surface area (Å²) in [6.45, 7) is 0. The molecular formula is C15H19ClN4O. The van der Waals surface area contributed by atoms with E-state index in [0.29, 0.717) is 34.4 Å². The van der Waals surface area contributed by atoms with Crippen LogP contribution in [0.5, 0.6) is 0 Å². The first-order chi connectivity index (χ1) is 10.3. The molecule has 2 atom stereocenters. The average molecular weight is 307 g/mol. The second-order valence-corrected chi connectivity index (χ2v) is 5.95. The van der Waals surface area contributed by atoms with Crippen LogP contribution in [0.3, 0.4) is 0 Å². The average Bonchev–Trinajstić information content (AvgIpc) is 2.97. The molecule has 3 rings (SSSR count). The van der Waals surface area contributed by atoms with Gasteiger partial charge in [-0.25, -0.2) is 0 Å². The minimum absolute atomic E-state index is 0.526. The second-order valence-electron chi connectivity index (χ2n) is 5.52. The number of pyridine rings is 1.